The second kappa shape index (κ2) is 4.73. The Morgan fingerprint density at radius 1 is 1.22 bits per heavy atom. The summed E-state index contributed by atoms with van der Waals surface area (Å²) in [6.45, 7) is 5.86. The molecule has 1 heterocycles. The molecule has 0 aromatic rings. The van der Waals surface area contributed by atoms with Gasteiger partial charge in [-0.2, -0.15) is 0 Å². The minimum Gasteiger partial charge on any atom is -0.362 e. The first-order valence-corrected chi connectivity index (χ1v) is 8.49. The maximum Gasteiger partial charge on any atom is 0.156 e. The lowest BCUT2D eigenvalue weighted by Crippen LogP contribution is -2.37. The van der Waals surface area contributed by atoms with Crippen LogP contribution in [0.15, 0.2) is 4.99 Å². The van der Waals surface area contributed by atoms with E-state index in [-0.39, 0.29) is 0 Å². The third kappa shape index (κ3) is 2.71. The van der Waals surface area contributed by atoms with Gasteiger partial charge in [-0.05, 0) is 42.9 Å². The largest absolute Gasteiger partial charge is 0.362 e. The van der Waals surface area contributed by atoms with Gasteiger partial charge in [0.1, 0.15) is 0 Å². The molecule has 0 bridgehead atoms. The number of rotatable bonds is 1. The lowest BCUT2D eigenvalue weighted by molar-refractivity contribution is 0.356. The van der Waals surface area contributed by atoms with Crippen molar-refractivity contribution < 1.29 is 0 Å². The molecule has 0 saturated heterocycles. The van der Waals surface area contributed by atoms with Gasteiger partial charge in [0.15, 0.2) is 5.17 Å². The smallest absolute Gasteiger partial charge is 0.156 e. The van der Waals surface area contributed by atoms with Crippen LogP contribution in [-0.2, 0) is 0 Å². The van der Waals surface area contributed by atoms with Gasteiger partial charge in [0.2, 0.25) is 0 Å². The summed E-state index contributed by atoms with van der Waals surface area (Å²) in [6, 6.07) is 0.670. The summed E-state index contributed by atoms with van der Waals surface area (Å²) in [5, 5.41) is 4.92. The van der Waals surface area contributed by atoms with E-state index in [9.17, 15) is 0 Å². The summed E-state index contributed by atoms with van der Waals surface area (Å²) in [5.74, 6) is 1.30. The predicted molar refractivity (Wildman–Crippen MR) is 80.2 cm³/mol. The first kappa shape index (κ1) is 12.8. The molecular formula is C15H26N2S. The average molecular weight is 266 g/mol. The van der Waals surface area contributed by atoms with Crippen LogP contribution in [0.2, 0.25) is 0 Å². The van der Waals surface area contributed by atoms with Crippen LogP contribution in [-0.4, -0.2) is 23.5 Å². The van der Waals surface area contributed by atoms with Crippen LogP contribution < -0.4 is 5.32 Å². The fraction of sp³-hybridized carbons (Fsp3) is 0.933. The monoisotopic (exact) mass is 266 g/mol. The van der Waals surface area contributed by atoms with Gasteiger partial charge in [-0.3, -0.25) is 4.99 Å². The number of amidine groups is 1. The van der Waals surface area contributed by atoms with Crippen LogP contribution >= 0.6 is 11.8 Å². The van der Waals surface area contributed by atoms with Gasteiger partial charge in [0.05, 0.1) is 0 Å². The van der Waals surface area contributed by atoms with Gasteiger partial charge in [0, 0.05) is 18.3 Å². The zero-order valence-electron chi connectivity index (χ0n) is 11.8. The van der Waals surface area contributed by atoms with Crippen molar-refractivity contribution in [2.75, 3.05) is 12.3 Å². The SMILES string of the molecule is CC1(C)CCC(NC2=NCC3(CCCC3)CS2)C1. The third-order valence-electron chi connectivity index (χ3n) is 5.03. The zero-order valence-corrected chi connectivity index (χ0v) is 12.6. The van der Waals surface area contributed by atoms with Crippen LogP contribution in [0.4, 0.5) is 0 Å². The summed E-state index contributed by atoms with van der Waals surface area (Å²) in [5.41, 5.74) is 1.11. The second-order valence-electron chi connectivity index (χ2n) is 7.37. The minimum atomic E-state index is 0.532. The Morgan fingerprint density at radius 3 is 2.56 bits per heavy atom. The summed E-state index contributed by atoms with van der Waals surface area (Å²) in [6.07, 6.45) is 9.65. The highest BCUT2D eigenvalue weighted by Gasteiger charge is 2.37. The maximum atomic E-state index is 4.84. The maximum absolute atomic E-state index is 4.84. The van der Waals surface area contributed by atoms with Crippen molar-refractivity contribution in [2.24, 2.45) is 15.8 Å². The van der Waals surface area contributed by atoms with Crippen molar-refractivity contribution in [3.8, 4) is 0 Å². The number of aliphatic imine (C=N–C) groups is 1. The van der Waals surface area contributed by atoms with Crippen LogP contribution in [0, 0.1) is 10.8 Å². The fourth-order valence-corrected chi connectivity index (χ4v) is 5.03. The summed E-state index contributed by atoms with van der Waals surface area (Å²) in [4.78, 5) is 4.84. The van der Waals surface area contributed by atoms with E-state index in [0.717, 1.165) is 6.54 Å². The first-order valence-electron chi connectivity index (χ1n) is 7.51. The van der Waals surface area contributed by atoms with Crippen molar-refractivity contribution in [2.45, 2.75) is 64.8 Å². The quantitative estimate of drug-likeness (QED) is 0.780. The van der Waals surface area contributed by atoms with Crippen LogP contribution in [0.3, 0.4) is 0 Å². The Hall–Kier alpha value is -0.180. The highest BCUT2D eigenvalue weighted by Crippen LogP contribution is 2.43. The van der Waals surface area contributed by atoms with Gasteiger partial charge in [-0.15, -0.1) is 0 Å². The summed E-state index contributed by atoms with van der Waals surface area (Å²) in [7, 11) is 0. The molecule has 0 aromatic heterocycles. The van der Waals surface area contributed by atoms with E-state index in [1.54, 1.807) is 0 Å². The van der Waals surface area contributed by atoms with E-state index in [4.69, 9.17) is 4.99 Å². The molecule has 1 atom stereocenters. The Kier molecular flexibility index (Phi) is 3.38. The fourth-order valence-electron chi connectivity index (χ4n) is 3.80. The molecule has 1 N–H and O–H groups in total. The lowest BCUT2D eigenvalue weighted by Gasteiger charge is -2.32. The van der Waals surface area contributed by atoms with E-state index in [1.165, 1.54) is 55.9 Å². The van der Waals surface area contributed by atoms with Crippen molar-refractivity contribution in [3.05, 3.63) is 0 Å². The van der Waals surface area contributed by atoms with E-state index < -0.39 is 0 Å². The summed E-state index contributed by atoms with van der Waals surface area (Å²) >= 11 is 1.99. The zero-order chi connectivity index (χ0) is 12.6. The Bertz CT molecular complexity index is 342. The highest BCUT2D eigenvalue weighted by molar-refractivity contribution is 8.13. The molecule has 102 valence electrons. The second-order valence-corrected chi connectivity index (χ2v) is 8.33. The molecule has 3 heteroatoms. The van der Waals surface area contributed by atoms with Gasteiger partial charge in [0.25, 0.3) is 0 Å². The van der Waals surface area contributed by atoms with E-state index in [1.807, 2.05) is 11.8 Å². The molecule has 18 heavy (non-hydrogen) atoms. The number of nitrogens with zero attached hydrogens (tertiary/aromatic N) is 1. The molecule has 0 aromatic carbocycles. The Labute approximate surface area is 115 Å². The molecule has 1 unspecified atom stereocenters. The molecule has 2 aliphatic carbocycles. The van der Waals surface area contributed by atoms with Crippen molar-refractivity contribution in [1.29, 1.82) is 0 Å². The van der Waals surface area contributed by atoms with E-state index >= 15 is 0 Å². The average Bonchev–Trinajstić information content (AvgIpc) is 2.90. The normalized spacial score (nSPS) is 33.7. The molecule has 0 amide bonds. The van der Waals surface area contributed by atoms with Crippen LogP contribution in [0.1, 0.15) is 58.8 Å². The number of hydrogen-bond donors (Lipinski definition) is 1. The third-order valence-corrected chi connectivity index (χ3v) is 6.31. The van der Waals surface area contributed by atoms with E-state index in [0.29, 0.717) is 16.9 Å². The van der Waals surface area contributed by atoms with Gasteiger partial charge >= 0.3 is 0 Å². The van der Waals surface area contributed by atoms with Crippen molar-refractivity contribution in [1.82, 2.24) is 5.32 Å². The van der Waals surface area contributed by atoms with Crippen LogP contribution in [0.5, 0.6) is 0 Å². The standard InChI is InChI=1S/C15H26N2S/c1-14(2)8-5-12(9-14)17-13-16-10-15(11-18-13)6-3-4-7-15/h12H,3-11H2,1-2H3,(H,16,17). The molecular weight excluding hydrogens is 240 g/mol. The minimum absolute atomic E-state index is 0.532. The Balaban J connectivity index is 1.54. The topological polar surface area (TPSA) is 24.4 Å². The molecule has 3 rings (SSSR count). The number of nitrogens with one attached hydrogen (secondary N) is 1. The molecule has 0 radical (unpaired) electrons. The molecule has 3 aliphatic rings. The van der Waals surface area contributed by atoms with Gasteiger partial charge in [-0.1, -0.05) is 38.5 Å². The number of thioether (sulfide) groups is 1. The van der Waals surface area contributed by atoms with Gasteiger partial charge < -0.3 is 5.32 Å². The van der Waals surface area contributed by atoms with E-state index in [2.05, 4.69) is 19.2 Å². The Morgan fingerprint density at radius 2 is 2.00 bits per heavy atom. The molecule has 2 saturated carbocycles. The van der Waals surface area contributed by atoms with Crippen molar-refractivity contribution in [3.63, 3.8) is 0 Å². The molecule has 1 aliphatic heterocycles. The summed E-state index contributed by atoms with van der Waals surface area (Å²) < 4.78 is 0. The predicted octanol–water partition coefficient (Wildman–Crippen LogP) is 3.82. The lowest BCUT2D eigenvalue weighted by atomic mass is 9.89. The van der Waals surface area contributed by atoms with Crippen molar-refractivity contribution >= 4 is 16.9 Å². The highest BCUT2D eigenvalue weighted by atomic mass is 32.2. The first-order chi connectivity index (χ1) is 8.57. The molecule has 2 fully saturated rings. The number of hydrogen-bond acceptors (Lipinski definition) is 3. The van der Waals surface area contributed by atoms with Gasteiger partial charge in [-0.25, -0.2) is 0 Å². The molecule has 2 nitrogen and oxygen atoms in total. The molecule has 1 spiro atoms. The van der Waals surface area contributed by atoms with Crippen LogP contribution in [0.25, 0.3) is 0 Å².